The highest BCUT2D eigenvalue weighted by Crippen LogP contribution is 2.31. The fourth-order valence-electron chi connectivity index (χ4n) is 1.75. The van der Waals surface area contributed by atoms with Crippen LogP contribution in [-0.4, -0.2) is 21.9 Å². The third kappa shape index (κ3) is 5.66. The summed E-state index contributed by atoms with van der Waals surface area (Å²) >= 11 is 17.6. The molecule has 0 aliphatic rings. The summed E-state index contributed by atoms with van der Waals surface area (Å²) in [7, 11) is 0. The average molecular weight is 383 g/mol. The van der Waals surface area contributed by atoms with Crippen molar-refractivity contribution in [2.75, 3.05) is 0 Å². The van der Waals surface area contributed by atoms with Crippen LogP contribution in [0.4, 0.5) is 5.69 Å². The predicted octanol–water partition coefficient (Wildman–Crippen LogP) is 4.93. The fraction of sp³-hybridized carbons (Fsp3) is 0.176. The smallest absolute Gasteiger partial charge is 0.253 e. The first kappa shape index (κ1) is 18.5. The van der Waals surface area contributed by atoms with Crippen LogP contribution in [0.2, 0.25) is 0 Å². The minimum absolute atomic E-state index is 0.406. The molecule has 1 amide bonds. The Morgan fingerprint density at radius 1 is 1.08 bits per heavy atom. The summed E-state index contributed by atoms with van der Waals surface area (Å²) in [4.78, 5) is 20.2. The Hall–Kier alpha value is -1.84. The van der Waals surface area contributed by atoms with Crippen LogP contribution in [0.15, 0.2) is 64.6 Å². The van der Waals surface area contributed by atoms with Crippen molar-refractivity contribution in [3.8, 4) is 0 Å². The van der Waals surface area contributed by atoms with Gasteiger partial charge in [0.15, 0.2) is 6.17 Å². The molecule has 1 atom stereocenters. The van der Waals surface area contributed by atoms with E-state index in [1.807, 2.05) is 37.3 Å². The predicted molar refractivity (Wildman–Crippen MR) is 98.7 cm³/mol. The monoisotopic (exact) mass is 381 g/mol. The van der Waals surface area contributed by atoms with Crippen LogP contribution in [0.3, 0.4) is 0 Å². The molecule has 0 heterocycles. The minimum Gasteiger partial charge on any atom is -0.326 e. The van der Waals surface area contributed by atoms with Crippen molar-refractivity contribution in [1.29, 1.82) is 0 Å². The van der Waals surface area contributed by atoms with Gasteiger partial charge < -0.3 is 5.32 Å². The number of rotatable bonds is 4. The average Bonchev–Trinajstić information content (AvgIpc) is 2.54. The van der Waals surface area contributed by atoms with Gasteiger partial charge in [0, 0.05) is 5.56 Å². The Morgan fingerprint density at radius 2 is 1.71 bits per heavy atom. The zero-order valence-corrected chi connectivity index (χ0v) is 15.0. The molecule has 2 rings (SSSR count). The van der Waals surface area contributed by atoms with Crippen molar-refractivity contribution in [1.82, 2.24) is 5.32 Å². The zero-order chi connectivity index (χ0) is 17.6. The van der Waals surface area contributed by atoms with E-state index < -0.39 is 15.9 Å². The molecule has 0 saturated carbocycles. The molecule has 7 heteroatoms. The van der Waals surface area contributed by atoms with Gasteiger partial charge in [-0.1, -0.05) is 70.7 Å². The lowest BCUT2D eigenvalue weighted by Gasteiger charge is -2.20. The Morgan fingerprint density at radius 3 is 2.29 bits per heavy atom. The van der Waals surface area contributed by atoms with Gasteiger partial charge in [-0.25, -0.2) is 0 Å². The molecule has 0 spiro atoms. The summed E-state index contributed by atoms with van der Waals surface area (Å²) in [5, 5.41) is 2.56. The normalized spacial score (nSPS) is 12.0. The fourth-order valence-corrected chi connectivity index (χ4v) is 2.06. The van der Waals surface area contributed by atoms with Gasteiger partial charge >= 0.3 is 0 Å². The van der Waals surface area contributed by atoms with Crippen molar-refractivity contribution < 1.29 is 4.79 Å². The maximum atomic E-state index is 12.2. The molecule has 1 unspecified atom stereocenters. The first-order chi connectivity index (χ1) is 11.4. The van der Waals surface area contributed by atoms with Gasteiger partial charge in [0.25, 0.3) is 5.91 Å². The molecule has 24 heavy (non-hydrogen) atoms. The van der Waals surface area contributed by atoms with Gasteiger partial charge in [-0.05, 0) is 31.2 Å². The third-order valence-electron chi connectivity index (χ3n) is 3.01. The Labute approximate surface area is 155 Å². The van der Waals surface area contributed by atoms with Crippen LogP contribution in [0.1, 0.15) is 15.9 Å². The van der Waals surface area contributed by atoms with Gasteiger partial charge in [0.1, 0.15) is 0 Å². The lowest BCUT2D eigenvalue weighted by molar-refractivity contribution is 0.0939. The highest BCUT2D eigenvalue weighted by atomic mass is 35.6. The number of carbonyl (C=O) groups is 1. The number of benzene rings is 2. The number of para-hydroxylation sites is 1. The molecule has 2 aromatic rings. The van der Waals surface area contributed by atoms with E-state index in [0.717, 1.165) is 5.56 Å². The number of hydrogen-bond acceptors (Lipinski definition) is 3. The minimum atomic E-state index is -1.83. The lowest BCUT2D eigenvalue weighted by atomic mass is 10.1. The molecule has 0 bridgehead atoms. The van der Waals surface area contributed by atoms with E-state index in [1.165, 1.54) is 0 Å². The largest absolute Gasteiger partial charge is 0.326 e. The highest BCUT2D eigenvalue weighted by Gasteiger charge is 2.34. The summed E-state index contributed by atoms with van der Waals surface area (Å²) in [6, 6.07) is 18.5. The van der Waals surface area contributed by atoms with Crippen LogP contribution in [0.5, 0.6) is 0 Å². The summed E-state index contributed by atoms with van der Waals surface area (Å²) < 4.78 is -1.83. The summed E-state index contributed by atoms with van der Waals surface area (Å²) in [5.41, 5.74) is 2.13. The Kier molecular flexibility index (Phi) is 6.41. The van der Waals surface area contributed by atoms with E-state index in [4.69, 9.17) is 34.8 Å². The number of hydrogen-bond donors (Lipinski definition) is 1. The Bertz CT molecular complexity index is 749. The molecular weight excluding hydrogens is 369 g/mol. The van der Waals surface area contributed by atoms with Crippen molar-refractivity contribution in [2.24, 2.45) is 9.98 Å². The summed E-state index contributed by atoms with van der Waals surface area (Å²) in [5.74, 6) is -0.406. The summed E-state index contributed by atoms with van der Waals surface area (Å²) in [6.07, 6.45) is -1.12. The molecule has 0 aliphatic carbocycles. The number of carbonyl (C=O) groups excluding carboxylic acids is 1. The van der Waals surface area contributed by atoms with Gasteiger partial charge in [-0.2, -0.15) is 9.98 Å². The first-order valence-corrected chi connectivity index (χ1v) is 8.14. The second kappa shape index (κ2) is 8.32. The standard InChI is InChI=1S/C17H14Cl3N3O/c1-12-7-9-13(10-8-12)15(24)23-16(17(18,19)20)22-11-21-14-5-3-2-4-6-14/h2-10,16H,1H3,(H,23,24). The first-order valence-electron chi connectivity index (χ1n) is 7.01. The number of nitrogens with one attached hydrogen (secondary N) is 1. The Balaban J connectivity index is 2.15. The molecule has 0 aromatic heterocycles. The van der Waals surface area contributed by atoms with Crippen LogP contribution < -0.4 is 5.32 Å². The number of amides is 1. The molecule has 0 fully saturated rings. The van der Waals surface area contributed by atoms with Gasteiger partial charge in [0.05, 0.1) is 11.7 Å². The SMILES string of the molecule is Cc1ccc(C(=O)NC(N=C=Nc2ccccc2)C(Cl)(Cl)Cl)cc1. The van der Waals surface area contributed by atoms with Crippen LogP contribution in [0.25, 0.3) is 0 Å². The van der Waals surface area contributed by atoms with Crippen molar-refractivity contribution in [3.05, 3.63) is 65.7 Å². The van der Waals surface area contributed by atoms with Crippen LogP contribution in [0, 0.1) is 6.92 Å². The van der Waals surface area contributed by atoms with E-state index >= 15 is 0 Å². The number of aliphatic imine (C=N–C) groups is 2. The molecule has 0 radical (unpaired) electrons. The topological polar surface area (TPSA) is 53.8 Å². The maximum absolute atomic E-state index is 12.2. The second-order valence-electron chi connectivity index (χ2n) is 4.96. The van der Waals surface area contributed by atoms with Crippen molar-refractivity contribution in [3.63, 3.8) is 0 Å². The number of alkyl halides is 3. The van der Waals surface area contributed by atoms with E-state index in [-0.39, 0.29) is 0 Å². The molecule has 2 aromatic carbocycles. The second-order valence-corrected chi connectivity index (χ2v) is 7.33. The van der Waals surface area contributed by atoms with E-state index in [9.17, 15) is 4.79 Å². The zero-order valence-electron chi connectivity index (χ0n) is 12.7. The van der Waals surface area contributed by atoms with Crippen molar-refractivity contribution in [2.45, 2.75) is 16.9 Å². The quantitative estimate of drug-likeness (QED) is 0.592. The molecule has 4 nitrogen and oxygen atoms in total. The molecule has 1 N–H and O–H groups in total. The number of aryl methyl sites for hydroxylation is 1. The maximum Gasteiger partial charge on any atom is 0.253 e. The van der Waals surface area contributed by atoms with E-state index in [1.54, 1.807) is 24.3 Å². The molecule has 0 aliphatic heterocycles. The molecule has 0 saturated heterocycles. The van der Waals surface area contributed by atoms with Crippen LogP contribution in [-0.2, 0) is 0 Å². The molecule has 124 valence electrons. The number of halogens is 3. The molecular formula is C17H14Cl3N3O. The number of nitrogens with zero attached hydrogens (tertiary/aromatic N) is 2. The van der Waals surface area contributed by atoms with E-state index in [0.29, 0.717) is 11.3 Å². The highest BCUT2D eigenvalue weighted by molar-refractivity contribution is 6.68. The van der Waals surface area contributed by atoms with Crippen LogP contribution >= 0.6 is 34.8 Å². The van der Waals surface area contributed by atoms with Gasteiger partial charge in [0.2, 0.25) is 3.79 Å². The van der Waals surface area contributed by atoms with E-state index in [2.05, 4.69) is 21.3 Å². The summed E-state index contributed by atoms with van der Waals surface area (Å²) in [6.45, 7) is 1.93. The van der Waals surface area contributed by atoms with Gasteiger partial charge in [-0.15, -0.1) is 0 Å². The third-order valence-corrected chi connectivity index (χ3v) is 3.63. The lowest BCUT2D eigenvalue weighted by Crippen LogP contribution is -2.42. The van der Waals surface area contributed by atoms with Gasteiger partial charge in [-0.3, -0.25) is 4.79 Å². The van der Waals surface area contributed by atoms with Crippen molar-refractivity contribution >= 4 is 52.4 Å².